The SMILES string of the molecule is O=C(C1CC1)N1CC[C@@]2(S(=O)(=O)c3ccc(I)cc3)c3ccc(C(F)(C(F)(F)F)C(F)(F)F)cc3CC[C@@H]12. The summed E-state index contributed by atoms with van der Waals surface area (Å²) in [6.07, 6.45) is -11.4. The average molecular weight is 675 g/mol. The summed E-state index contributed by atoms with van der Waals surface area (Å²) in [5, 5.41) is 0. The van der Waals surface area contributed by atoms with Crippen molar-refractivity contribution in [2.45, 2.75) is 65.8 Å². The predicted octanol–water partition coefficient (Wildman–Crippen LogP) is 6.21. The Morgan fingerprint density at radius 2 is 1.53 bits per heavy atom. The lowest BCUT2D eigenvalue weighted by atomic mass is 9.76. The van der Waals surface area contributed by atoms with Gasteiger partial charge in [0.05, 0.1) is 10.9 Å². The van der Waals surface area contributed by atoms with Gasteiger partial charge in [-0.1, -0.05) is 18.2 Å². The van der Waals surface area contributed by atoms with Crippen LogP contribution < -0.4 is 0 Å². The predicted molar refractivity (Wildman–Crippen MR) is 131 cm³/mol. The molecule has 13 heteroatoms. The number of aryl methyl sites for hydroxylation is 1. The summed E-state index contributed by atoms with van der Waals surface area (Å²) < 4.78 is 123. The number of alkyl halides is 7. The largest absolute Gasteiger partial charge is 0.435 e. The summed E-state index contributed by atoms with van der Waals surface area (Å²) in [4.78, 5) is 14.5. The van der Waals surface area contributed by atoms with Gasteiger partial charge in [-0.25, -0.2) is 12.8 Å². The molecule has 0 spiro atoms. The molecule has 0 bridgehead atoms. The maximum Gasteiger partial charge on any atom is 0.435 e. The van der Waals surface area contributed by atoms with E-state index < -0.39 is 44.2 Å². The maximum atomic E-state index is 14.8. The molecule has 0 aromatic heterocycles. The number of hydrogen-bond donors (Lipinski definition) is 0. The fourth-order valence-corrected chi connectivity index (χ4v) is 8.61. The van der Waals surface area contributed by atoms with E-state index in [1.807, 2.05) is 22.6 Å². The van der Waals surface area contributed by atoms with Gasteiger partial charge in [-0.05, 0) is 90.1 Å². The molecule has 1 saturated carbocycles. The van der Waals surface area contributed by atoms with Gasteiger partial charge in [-0.15, -0.1) is 0 Å². The standard InChI is InChI=1S/C25H21F7INO3S/c26-23(24(27,28)29,25(30,31)32)16-4-9-19-15(13-16)3-10-20-22(19,11-12-34(20)21(35)14-1-2-14)38(36,37)18-7-5-17(33)6-8-18/h4-9,13-14,20H,1-3,10-12H2/t20-,22-/m1/s1. The first-order valence-electron chi connectivity index (χ1n) is 11.8. The van der Waals surface area contributed by atoms with Gasteiger partial charge in [0.2, 0.25) is 5.91 Å². The first-order chi connectivity index (χ1) is 17.6. The lowest BCUT2D eigenvalue weighted by Crippen LogP contribution is -2.53. The van der Waals surface area contributed by atoms with Crippen molar-refractivity contribution in [1.82, 2.24) is 4.90 Å². The number of carbonyl (C=O) groups excluding carboxylic acids is 1. The molecule has 2 aromatic carbocycles. The minimum Gasteiger partial charge on any atom is -0.337 e. The van der Waals surface area contributed by atoms with Crippen LogP contribution in [0.15, 0.2) is 47.4 Å². The summed E-state index contributed by atoms with van der Waals surface area (Å²) in [6, 6.07) is 6.78. The van der Waals surface area contributed by atoms with Gasteiger partial charge >= 0.3 is 18.0 Å². The zero-order valence-corrected chi connectivity index (χ0v) is 22.5. The lowest BCUT2D eigenvalue weighted by molar-refractivity contribution is -0.348. The monoisotopic (exact) mass is 675 g/mol. The van der Waals surface area contributed by atoms with Crippen LogP contribution >= 0.6 is 22.6 Å². The highest BCUT2D eigenvalue weighted by atomic mass is 127. The normalized spacial score (nSPS) is 24.2. The van der Waals surface area contributed by atoms with Crippen LogP contribution in [0, 0.1) is 9.49 Å². The van der Waals surface area contributed by atoms with Gasteiger partial charge in [0.1, 0.15) is 4.75 Å². The van der Waals surface area contributed by atoms with E-state index in [1.165, 1.54) is 17.0 Å². The van der Waals surface area contributed by atoms with E-state index in [4.69, 9.17) is 0 Å². The molecule has 2 atom stereocenters. The average Bonchev–Trinajstić information content (AvgIpc) is 3.60. The molecule has 5 rings (SSSR count). The van der Waals surface area contributed by atoms with Crippen molar-refractivity contribution < 1.29 is 43.9 Å². The van der Waals surface area contributed by atoms with Crippen LogP contribution in [0.25, 0.3) is 0 Å². The second-order valence-electron chi connectivity index (χ2n) is 9.98. The second-order valence-corrected chi connectivity index (χ2v) is 13.4. The van der Waals surface area contributed by atoms with Crippen molar-refractivity contribution in [1.29, 1.82) is 0 Å². The summed E-state index contributed by atoms with van der Waals surface area (Å²) in [5.41, 5.74) is -7.38. The zero-order valence-electron chi connectivity index (χ0n) is 19.5. The third kappa shape index (κ3) is 3.88. The van der Waals surface area contributed by atoms with Crippen LogP contribution in [0.2, 0.25) is 0 Å². The highest BCUT2D eigenvalue weighted by molar-refractivity contribution is 14.1. The Kier molecular flexibility index (Phi) is 6.41. The summed E-state index contributed by atoms with van der Waals surface area (Å²) in [6.45, 7) is 0.0724. The molecular weight excluding hydrogens is 654 g/mol. The Bertz CT molecular complexity index is 1370. The number of amides is 1. The molecule has 206 valence electrons. The third-order valence-electron chi connectivity index (χ3n) is 7.88. The number of fused-ring (bicyclic) bond motifs is 3. The molecule has 38 heavy (non-hydrogen) atoms. The zero-order chi connectivity index (χ0) is 27.9. The van der Waals surface area contributed by atoms with Crippen LogP contribution in [-0.2, 0) is 31.5 Å². The number of nitrogens with zero attached hydrogens (tertiary/aromatic N) is 1. The van der Waals surface area contributed by atoms with Crippen molar-refractivity contribution in [3.63, 3.8) is 0 Å². The minimum atomic E-state index is -6.29. The molecule has 2 aliphatic carbocycles. The molecule has 0 radical (unpaired) electrons. The Balaban J connectivity index is 1.70. The van der Waals surface area contributed by atoms with Gasteiger partial charge in [-0.2, -0.15) is 26.3 Å². The van der Waals surface area contributed by atoms with Crippen LogP contribution in [0.5, 0.6) is 0 Å². The van der Waals surface area contributed by atoms with Gasteiger partial charge in [0, 0.05) is 21.6 Å². The number of benzene rings is 2. The number of sulfone groups is 1. The number of halogens is 8. The molecule has 1 aliphatic heterocycles. The minimum absolute atomic E-state index is 0.00413. The van der Waals surface area contributed by atoms with Crippen molar-refractivity contribution in [2.75, 3.05) is 6.54 Å². The fraction of sp³-hybridized carbons (Fsp3) is 0.480. The van der Waals surface area contributed by atoms with Crippen molar-refractivity contribution in [2.24, 2.45) is 5.92 Å². The van der Waals surface area contributed by atoms with E-state index in [0.717, 1.165) is 9.64 Å². The van der Waals surface area contributed by atoms with Crippen LogP contribution in [0.1, 0.15) is 42.4 Å². The van der Waals surface area contributed by atoms with Gasteiger partial charge in [0.15, 0.2) is 9.84 Å². The molecule has 0 N–H and O–H groups in total. The third-order valence-corrected chi connectivity index (χ3v) is 11.1. The van der Waals surface area contributed by atoms with Gasteiger partial charge in [0.25, 0.3) is 0 Å². The van der Waals surface area contributed by atoms with E-state index in [1.54, 1.807) is 12.1 Å². The van der Waals surface area contributed by atoms with Gasteiger partial charge < -0.3 is 4.90 Å². The summed E-state index contributed by atoms with van der Waals surface area (Å²) in [5.74, 6) is -0.423. The molecular formula is C25H21F7INO3S. The molecule has 2 aromatic rings. The molecule has 1 heterocycles. The molecule has 4 nitrogen and oxygen atoms in total. The molecule has 1 amide bonds. The molecule has 1 saturated heterocycles. The fourth-order valence-electron chi connectivity index (χ4n) is 5.88. The lowest BCUT2D eigenvalue weighted by Gasteiger charge is -2.43. The maximum absolute atomic E-state index is 14.8. The Labute approximate surface area is 227 Å². The number of likely N-dealkylation sites (tertiary alicyclic amines) is 1. The Hall–Kier alpha value is -1.90. The number of hydrogen-bond acceptors (Lipinski definition) is 3. The molecule has 3 aliphatic rings. The summed E-state index contributed by atoms with van der Waals surface area (Å²) >= 11 is 1.99. The summed E-state index contributed by atoms with van der Waals surface area (Å²) in [7, 11) is -4.30. The first-order valence-corrected chi connectivity index (χ1v) is 14.4. The number of carbonyl (C=O) groups is 1. The number of rotatable bonds is 4. The quantitative estimate of drug-likeness (QED) is 0.287. The van der Waals surface area contributed by atoms with Crippen LogP contribution in [0.3, 0.4) is 0 Å². The molecule has 2 fully saturated rings. The van der Waals surface area contributed by atoms with Crippen molar-refractivity contribution in [3.05, 3.63) is 62.7 Å². The van der Waals surface area contributed by atoms with Crippen molar-refractivity contribution >= 4 is 38.3 Å². The van der Waals surface area contributed by atoms with Crippen LogP contribution in [-0.4, -0.2) is 44.2 Å². The van der Waals surface area contributed by atoms with Crippen LogP contribution in [0.4, 0.5) is 30.7 Å². The van der Waals surface area contributed by atoms with Gasteiger partial charge in [-0.3, -0.25) is 4.79 Å². The van der Waals surface area contributed by atoms with E-state index in [-0.39, 0.29) is 53.7 Å². The second kappa shape index (κ2) is 8.80. The highest BCUT2D eigenvalue weighted by Crippen LogP contribution is 2.57. The first kappa shape index (κ1) is 27.7. The van der Waals surface area contributed by atoms with E-state index in [9.17, 15) is 43.9 Å². The smallest absolute Gasteiger partial charge is 0.337 e. The van der Waals surface area contributed by atoms with E-state index in [0.29, 0.717) is 25.0 Å². The van der Waals surface area contributed by atoms with E-state index in [2.05, 4.69) is 0 Å². The Morgan fingerprint density at radius 3 is 2.08 bits per heavy atom. The highest BCUT2D eigenvalue weighted by Gasteiger charge is 2.74. The molecule has 0 unspecified atom stereocenters. The van der Waals surface area contributed by atoms with Crippen molar-refractivity contribution in [3.8, 4) is 0 Å². The van der Waals surface area contributed by atoms with E-state index >= 15 is 0 Å². The Morgan fingerprint density at radius 1 is 0.921 bits per heavy atom. The topological polar surface area (TPSA) is 54.5 Å².